The van der Waals surface area contributed by atoms with Crippen LogP contribution >= 0.6 is 0 Å². The van der Waals surface area contributed by atoms with Gasteiger partial charge in [0.25, 0.3) is 0 Å². The maximum Gasteiger partial charge on any atom is 0.308 e. The molecule has 0 atom stereocenters. The third-order valence-electron chi connectivity index (χ3n) is 2.03. The zero-order valence-corrected chi connectivity index (χ0v) is 9.16. The smallest absolute Gasteiger partial charge is 0.308 e. The lowest BCUT2D eigenvalue weighted by molar-refractivity contribution is -0.145. The fourth-order valence-electron chi connectivity index (χ4n) is 1.11. The van der Waals surface area contributed by atoms with E-state index in [1.54, 1.807) is 7.11 Å². The van der Waals surface area contributed by atoms with Gasteiger partial charge in [-0.3, -0.25) is 4.79 Å². The van der Waals surface area contributed by atoms with E-state index in [1.165, 1.54) is 5.56 Å². The maximum atomic E-state index is 11.1. The normalized spacial score (nSPS) is 10.0. The average molecular weight is 208 g/mol. The molecule has 0 aliphatic heterocycles. The molecule has 0 unspecified atom stereocenters. The molecule has 0 N–H and O–H groups in total. The lowest BCUT2D eigenvalue weighted by atomic mass is 10.2. The van der Waals surface area contributed by atoms with Gasteiger partial charge in [-0.25, -0.2) is 0 Å². The van der Waals surface area contributed by atoms with Crippen molar-refractivity contribution in [3.05, 3.63) is 35.4 Å². The summed E-state index contributed by atoms with van der Waals surface area (Å²) in [6, 6.07) is 7.91. The number of rotatable bonds is 5. The summed E-state index contributed by atoms with van der Waals surface area (Å²) >= 11 is 0. The van der Waals surface area contributed by atoms with Crippen LogP contribution < -0.4 is 0 Å². The molecule has 0 radical (unpaired) electrons. The summed E-state index contributed by atoms with van der Waals surface area (Å²) < 4.78 is 9.83. The third kappa shape index (κ3) is 4.61. The van der Waals surface area contributed by atoms with Gasteiger partial charge in [0.2, 0.25) is 0 Å². The molecule has 15 heavy (non-hydrogen) atoms. The topological polar surface area (TPSA) is 35.5 Å². The van der Waals surface area contributed by atoms with Gasteiger partial charge < -0.3 is 9.47 Å². The van der Waals surface area contributed by atoms with Crippen LogP contribution in [-0.4, -0.2) is 19.7 Å². The van der Waals surface area contributed by atoms with Gasteiger partial charge in [-0.2, -0.15) is 0 Å². The SMILES string of the molecule is COCCC(=O)OCc1ccc(C)cc1. The van der Waals surface area contributed by atoms with Crippen LogP contribution in [-0.2, 0) is 20.9 Å². The number of aryl methyl sites for hydroxylation is 1. The van der Waals surface area contributed by atoms with Crippen LogP contribution in [0.25, 0.3) is 0 Å². The second-order valence-corrected chi connectivity index (χ2v) is 3.39. The minimum Gasteiger partial charge on any atom is -0.461 e. The van der Waals surface area contributed by atoms with E-state index in [2.05, 4.69) is 0 Å². The van der Waals surface area contributed by atoms with E-state index >= 15 is 0 Å². The third-order valence-corrected chi connectivity index (χ3v) is 2.03. The number of methoxy groups -OCH3 is 1. The van der Waals surface area contributed by atoms with Crippen molar-refractivity contribution >= 4 is 5.97 Å². The van der Waals surface area contributed by atoms with Gasteiger partial charge in [0.05, 0.1) is 13.0 Å². The number of hydrogen-bond acceptors (Lipinski definition) is 3. The van der Waals surface area contributed by atoms with E-state index in [0.717, 1.165) is 5.56 Å². The molecular formula is C12H16O3. The molecule has 0 aliphatic rings. The van der Waals surface area contributed by atoms with E-state index in [-0.39, 0.29) is 5.97 Å². The first-order valence-corrected chi connectivity index (χ1v) is 4.92. The first-order valence-electron chi connectivity index (χ1n) is 4.92. The standard InChI is InChI=1S/C12H16O3/c1-10-3-5-11(6-4-10)9-15-12(13)7-8-14-2/h3-6H,7-9H2,1-2H3. The van der Waals surface area contributed by atoms with E-state index in [0.29, 0.717) is 19.6 Å². The Morgan fingerprint density at radius 2 is 1.93 bits per heavy atom. The Kier molecular flexibility index (Phi) is 4.84. The molecule has 3 heteroatoms. The molecule has 1 aromatic carbocycles. The van der Waals surface area contributed by atoms with Crippen molar-refractivity contribution < 1.29 is 14.3 Å². The lowest BCUT2D eigenvalue weighted by Gasteiger charge is -2.04. The van der Waals surface area contributed by atoms with Gasteiger partial charge in [-0.1, -0.05) is 29.8 Å². The molecule has 1 aromatic rings. The van der Waals surface area contributed by atoms with Crippen molar-refractivity contribution in [2.75, 3.05) is 13.7 Å². The molecular weight excluding hydrogens is 192 g/mol. The number of esters is 1. The highest BCUT2D eigenvalue weighted by atomic mass is 16.5. The van der Waals surface area contributed by atoms with Crippen molar-refractivity contribution in [1.29, 1.82) is 0 Å². The fourth-order valence-corrected chi connectivity index (χ4v) is 1.11. The minimum atomic E-state index is -0.225. The van der Waals surface area contributed by atoms with Crippen molar-refractivity contribution in [2.45, 2.75) is 20.0 Å². The highest BCUT2D eigenvalue weighted by Crippen LogP contribution is 2.05. The lowest BCUT2D eigenvalue weighted by Crippen LogP contribution is -2.07. The predicted molar refractivity (Wildman–Crippen MR) is 57.5 cm³/mol. The van der Waals surface area contributed by atoms with Crippen molar-refractivity contribution in [3.8, 4) is 0 Å². The predicted octanol–water partition coefficient (Wildman–Crippen LogP) is 2.07. The summed E-state index contributed by atoms with van der Waals surface area (Å²) in [5, 5.41) is 0. The van der Waals surface area contributed by atoms with Crippen LogP contribution in [0.4, 0.5) is 0 Å². The molecule has 0 fully saturated rings. The number of ether oxygens (including phenoxy) is 2. The first kappa shape index (κ1) is 11.7. The van der Waals surface area contributed by atoms with Crippen LogP contribution in [0.2, 0.25) is 0 Å². The average Bonchev–Trinajstić information content (AvgIpc) is 2.25. The Labute approximate surface area is 90.0 Å². The maximum absolute atomic E-state index is 11.1. The molecule has 82 valence electrons. The molecule has 0 amide bonds. The Bertz CT molecular complexity index is 303. The molecule has 0 aromatic heterocycles. The van der Waals surface area contributed by atoms with Crippen LogP contribution in [0.3, 0.4) is 0 Å². The molecule has 0 aliphatic carbocycles. The first-order chi connectivity index (χ1) is 7.22. The monoisotopic (exact) mass is 208 g/mol. The zero-order chi connectivity index (χ0) is 11.1. The second-order valence-electron chi connectivity index (χ2n) is 3.39. The molecule has 0 saturated heterocycles. The summed E-state index contributed by atoms with van der Waals surface area (Å²) in [5.41, 5.74) is 2.20. The molecule has 0 bridgehead atoms. The zero-order valence-electron chi connectivity index (χ0n) is 9.16. The highest BCUT2D eigenvalue weighted by molar-refractivity contribution is 5.69. The van der Waals surface area contributed by atoms with Gasteiger partial charge in [0.1, 0.15) is 6.61 Å². The van der Waals surface area contributed by atoms with Crippen molar-refractivity contribution in [2.24, 2.45) is 0 Å². The van der Waals surface area contributed by atoms with Crippen molar-refractivity contribution in [3.63, 3.8) is 0 Å². The molecule has 1 rings (SSSR count). The Morgan fingerprint density at radius 1 is 1.27 bits per heavy atom. The van der Waals surface area contributed by atoms with Gasteiger partial charge in [-0.15, -0.1) is 0 Å². The Balaban J connectivity index is 2.30. The van der Waals surface area contributed by atoms with E-state index < -0.39 is 0 Å². The van der Waals surface area contributed by atoms with Crippen molar-refractivity contribution in [1.82, 2.24) is 0 Å². The summed E-state index contributed by atoms with van der Waals surface area (Å²) in [6.45, 7) is 2.77. The Hall–Kier alpha value is -1.35. The van der Waals surface area contributed by atoms with Crippen LogP contribution in [0.5, 0.6) is 0 Å². The van der Waals surface area contributed by atoms with E-state index in [4.69, 9.17) is 9.47 Å². The molecule has 3 nitrogen and oxygen atoms in total. The van der Waals surface area contributed by atoms with Crippen LogP contribution in [0, 0.1) is 6.92 Å². The van der Waals surface area contributed by atoms with Gasteiger partial charge in [0, 0.05) is 7.11 Å². The quantitative estimate of drug-likeness (QED) is 0.695. The van der Waals surface area contributed by atoms with E-state index in [1.807, 2.05) is 31.2 Å². The van der Waals surface area contributed by atoms with Gasteiger partial charge >= 0.3 is 5.97 Å². The fraction of sp³-hybridized carbons (Fsp3) is 0.417. The van der Waals surface area contributed by atoms with E-state index in [9.17, 15) is 4.79 Å². The summed E-state index contributed by atoms with van der Waals surface area (Å²) in [7, 11) is 1.56. The largest absolute Gasteiger partial charge is 0.461 e. The number of hydrogen-bond donors (Lipinski definition) is 0. The number of benzene rings is 1. The Morgan fingerprint density at radius 3 is 2.53 bits per heavy atom. The molecule has 0 heterocycles. The van der Waals surface area contributed by atoms with Gasteiger partial charge in [0.15, 0.2) is 0 Å². The summed E-state index contributed by atoms with van der Waals surface area (Å²) in [6.07, 6.45) is 0.308. The second kappa shape index (κ2) is 6.19. The summed E-state index contributed by atoms with van der Waals surface area (Å²) in [4.78, 5) is 11.1. The number of carbonyl (C=O) groups is 1. The molecule has 0 spiro atoms. The number of carbonyl (C=O) groups excluding carboxylic acids is 1. The minimum absolute atomic E-state index is 0.225. The molecule has 0 saturated carbocycles. The van der Waals surface area contributed by atoms with Crippen LogP contribution in [0.15, 0.2) is 24.3 Å². The van der Waals surface area contributed by atoms with Crippen LogP contribution in [0.1, 0.15) is 17.5 Å². The van der Waals surface area contributed by atoms with Gasteiger partial charge in [-0.05, 0) is 12.5 Å². The summed E-state index contributed by atoms with van der Waals surface area (Å²) in [5.74, 6) is -0.225. The highest BCUT2D eigenvalue weighted by Gasteiger charge is 2.02.